The number of rotatable bonds is 5. The molecule has 1 aliphatic heterocycles. The van der Waals surface area contributed by atoms with Crippen LogP contribution in [0.4, 0.5) is 0 Å². The Hall–Kier alpha value is -1.44. The number of carbonyl (C=O) groups is 1. The molecular formula is C17H27N3O4. The van der Waals surface area contributed by atoms with Crippen LogP contribution in [0.1, 0.15) is 29.9 Å². The Bertz CT molecular complexity index is 567. The first-order chi connectivity index (χ1) is 11.5. The molecule has 0 spiro atoms. The average Bonchev–Trinajstić information content (AvgIpc) is 3.11. The first-order valence-corrected chi connectivity index (χ1v) is 8.56. The topological polar surface area (TPSA) is 68.0 Å². The molecule has 1 saturated heterocycles. The number of aromatic nitrogens is 1. The number of hydrogen-bond acceptors (Lipinski definition) is 6. The van der Waals surface area contributed by atoms with Crippen molar-refractivity contribution in [3.05, 3.63) is 17.0 Å². The van der Waals surface area contributed by atoms with Crippen LogP contribution in [0.25, 0.3) is 0 Å². The molecule has 1 aromatic heterocycles. The van der Waals surface area contributed by atoms with Gasteiger partial charge in [-0.2, -0.15) is 0 Å². The maximum Gasteiger partial charge on any atom is 0.248 e. The second-order valence-electron chi connectivity index (χ2n) is 6.89. The minimum Gasteiger partial charge on any atom is -0.373 e. The lowest BCUT2D eigenvalue weighted by atomic mass is 10.1. The molecule has 1 saturated carbocycles. The Kier molecular flexibility index (Phi) is 5.22. The van der Waals surface area contributed by atoms with E-state index in [0.717, 1.165) is 37.4 Å². The van der Waals surface area contributed by atoms with Crippen molar-refractivity contribution in [3.8, 4) is 0 Å². The second-order valence-corrected chi connectivity index (χ2v) is 6.89. The number of nitrogens with zero attached hydrogens (tertiary/aromatic N) is 3. The van der Waals surface area contributed by atoms with Crippen molar-refractivity contribution >= 4 is 5.91 Å². The molecule has 0 unspecified atom stereocenters. The molecule has 1 aromatic rings. The Labute approximate surface area is 142 Å². The van der Waals surface area contributed by atoms with Gasteiger partial charge in [0, 0.05) is 38.8 Å². The molecule has 7 nitrogen and oxygen atoms in total. The van der Waals surface area contributed by atoms with Crippen LogP contribution in [0.15, 0.2) is 4.52 Å². The Balaban J connectivity index is 1.62. The first-order valence-electron chi connectivity index (χ1n) is 8.56. The number of carbonyl (C=O) groups excluding carboxylic acids is 1. The number of morpholine rings is 1. The van der Waals surface area contributed by atoms with Crippen molar-refractivity contribution in [2.45, 2.75) is 51.5 Å². The van der Waals surface area contributed by atoms with E-state index in [4.69, 9.17) is 14.0 Å². The smallest absolute Gasteiger partial charge is 0.248 e. The van der Waals surface area contributed by atoms with Crippen LogP contribution < -0.4 is 0 Å². The molecule has 7 heteroatoms. The number of likely N-dealkylation sites (N-methyl/N-ethyl adjacent to an activating group) is 1. The third kappa shape index (κ3) is 3.48. The van der Waals surface area contributed by atoms with Crippen LogP contribution in [0.3, 0.4) is 0 Å². The molecule has 3 rings (SSSR count). The lowest BCUT2D eigenvalue weighted by molar-refractivity contribution is -0.144. The molecule has 0 bridgehead atoms. The van der Waals surface area contributed by atoms with E-state index < -0.39 is 0 Å². The minimum absolute atomic E-state index is 0.00799. The summed E-state index contributed by atoms with van der Waals surface area (Å²) in [6.07, 6.45) is 1.98. The van der Waals surface area contributed by atoms with E-state index in [-0.39, 0.29) is 24.7 Å². The zero-order chi connectivity index (χ0) is 17.3. The summed E-state index contributed by atoms with van der Waals surface area (Å²) in [4.78, 5) is 15.7. The quantitative estimate of drug-likeness (QED) is 0.802. The second kappa shape index (κ2) is 7.21. The van der Waals surface area contributed by atoms with Crippen LogP contribution in [-0.4, -0.2) is 73.0 Å². The lowest BCUT2D eigenvalue weighted by Crippen LogP contribution is -2.51. The molecular weight excluding hydrogens is 310 g/mol. The van der Waals surface area contributed by atoms with E-state index in [1.807, 2.05) is 13.8 Å². The van der Waals surface area contributed by atoms with Crippen molar-refractivity contribution in [2.75, 3.05) is 33.9 Å². The number of fused-ring (bicyclic) bond motifs is 1. The normalized spacial score (nSPS) is 27.2. The van der Waals surface area contributed by atoms with Gasteiger partial charge in [-0.3, -0.25) is 9.69 Å². The fraction of sp³-hybridized carbons (Fsp3) is 0.765. The van der Waals surface area contributed by atoms with Crippen molar-refractivity contribution in [2.24, 2.45) is 0 Å². The van der Waals surface area contributed by atoms with E-state index in [1.165, 1.54) is 5.56 Å². The predicted molar refractivity (Wildman–Crippen MR) is 87.6 cm³/mol. The summed E-state index contributed by atoms with van der Waals surface area (Å²) in [5, 5.41) is 4.05. The van der Waals surface area contributed by atoms with Gasteiger partial charge in [-0.05, 0) is 26.7 Å². The van der Waals surface area contributed by atoms with Gasteiger partial charge < -0.3 is 18.9 Å². The van der Waals surface area contributed by atoms with Gasteiger partial charge in [0.25, 0.3) is 0 Å². The van der Waals surface area contributed by atoms with Gasteiger partial charge in [0.15, 0.2) is 0 Å². The third-order valence-electron chi connectivity index (χ3n) is 5.11. The zero-order valence-electron chi connectivity index (χ0n) is 14.9. The van der Waals surface area contributed by atoms with Crippen LogP contribution in [0.5, 0.6) is 0 Å². The third-order valence-corrected chi connectivity index (χ3v) is 5.11. The fourth-order valence-corrected chi connectivity index (χ4v) is 3.60. The van der Waals surface area contributed by atoms with Gasteiger partial charge in [0.2, 0.25) is 5.91 Å². The van der Waals surface area contributed by atoms with Gasteiger partial charge in [0.1, 0.15) is 12.4 Å². The van der Waals surface area contributed by atoms with Gasteiger partial charge in [0.05, 0.1) is 24.5 Å². The highest BCUT2D eigenvalue weighted by Gasteiger charge is 2.43. The summed E-state index contributed by atoms with van der Waals surface area (Å²) in [6.45, 7) is 6.47. The predicted octanol–water partition coefficient (Wildman–Crippen LogP) is 1.13. The summed E-state index contributed by atoms with van der Waals surface area (Å²) < 4.78 is 17.1. The average molecular weight is 337 g/mol. The number of ether oxygens (including phenoxy) is 2. The van der Waals surface area contributed by atoms with Crippen LogP contribution in [0.2, 0.25) is 0 Å². The van der Waals surface area contributed by atoms with Crippen molar-refractivity contribution < 1.29 is 18.8 Å². The maximum absolute atomic E-state index is 11.7. The molecule has 2 heterocycles. The Morgan fingerprint density at radius 1 is 1.38 bits per heavy atom. The molecule has 2 fully saturated rings. The van der Waals surface area contributed by atoms with E-state index in [2.05, 4.69) is 10.1 Å². The SMILES string of the molecule is Cc1noc(C)c1CN1CCO[C@H]2[C@H](OCC(=O)N(C)C)CC[C@@H]21. The van der Waals surface area contributed by atoms with Gasteiger partial charge in [-0.15, -0.1) is 0 Å². The van der Waals surface area contributed by atoms with Crippen LogP contribution >= 0.6 is 0 Å². The Morgan fingerprint density at radius 2 is 2.17 bits per heavy atom. The monoisotopic (exact) mass is 337 g/mol. The largest absolute Gasteiger partial charge is 0.373 e. The first kappa shape index (κ1) is 17.4. The van der Waals surface area contributed by atoms with Crippen LogP contribution in [-0.2, 0) is 20.8 Å². The standard InChI is InChI=1S/C17H27N3O4/c1-11-13(12(2)24-18-11)9-20-7-8-22-17-14(20)5-6-15(17)23-10-16(21)19(3)4/h14-15,17H,5-10H2,1-4H3/t14-,15+,17+/m0/s1. The zero-order valence-corrected chi connectivity index (χ0v) is 14.9. The molecule has 0 N–H and O–H groups in total. The maximum atomic E-state index is 11.7. The molecule has 134 valence electrons. The van der Waals surface area contributed by atoms with Gasteiger partial charge >= 0.3 is 0 Å². The minimum atomic E-state index is -0.0122. The highest BCUT2D eigenvalue weighted by molar-refractivity contribution is 5.76. The summed E-state index contributed by atoms with van der Waals surface area (Å²) in [6, 6.07) is 0.326. The summed E-state index contributed by atoms with van der Waals surface area (Å²) in [7, 11) is 3.48. The number of aryl methyl sites for hydroxylation is 2. The lowest BCUT2D eigenvalue weighted by Gasteiger charge is -2.39. The molecule has 0 aromatic carbocycles. The number of amides is 1. The molecule has 24 heavy (non-hydrogen) atoms. The molecule has 2 aliphatic rings. The highest BCUT2D eigenvalue weighted by atomic mass is 16.5. The fourth-order valence-electron chi connectivity index (χ4n) is 3.60. The summed E-state index contributed by atoms with van der Waals surface area (Å²) >= 11 is 0. The summed E-state index contributed by atoms with van der Waals surface area (Å²) in [5.41, 5.74) is 2.13. The molecule has 1 amide bonds. The van der Waals surface area contributed by atoms with Crippen molar-refractivity contribution in [1.29, 1.82) is 0 Å². The van der Waals surface area contributed by atoms with E-state index in [9.17, 15) is 4.79 Å². The summed E-state index contributed by atoms with van der Waals surface area (Å²) in [5.74, 6) is 0.875. The highest BCUT2D eigenvalue weighted by Crippen LogP contribution is 2.33. The molecule has 0 radical (unpaired) electrons. The molecule has 1 aliphatic carbocycles. The van der Waals surface area contributed by atoms with Crippen molar-refractivity contribution in [3.63, 3.8) is 0 Å². The van der Waals surface area contributed by atoms with Gasteiger partial charge in [-0.25, -0.2) is 0 Å². The van der Waals surface area contributed by atoms with E-state index in [1.54, 1.807) is 19.0 Å². The number of hydrogen-bond donors (Lipinski definition) is 0. The Morgan fingerprint density at radius 3 is 2.83 bits per heavy atom. The molecule has 3 atom stereocenters. The van der Waals surface area contributed by atoms with E-state index >= 15 is 0 Å². The van der Waals surface area contributed by atoms with E-state index in [0.29, 0.717) is 12.6 Å². The van der Waals surface area contributed by atoms with Crippen molar-refractivity contribution in [1.82, 2.24) is 15.0 Å². The van der Waals surface area contributed by atoms with Crippen LogP contribution in [0, 0.1) is 13.8 Å². The van der Waals surface area contributed by atoms with Gasteiger partial charge in [-0.1, -0.05) is 5.16 Å².